The number of carbonyl (C=O) groups excluding carboxylic acids is 4. The van der Waals surface area contributed by atoms with E-state index in [4.69, 9.17) is 11.6 Å². The van der Waals surface area contributed by atoms with Crippen LogP contribution in [0.4, 0.5) is 5.69 Å². The van der Waals surface area contributed by atoms with E-state index in [1.54, 1.807) is 18.2 Å². The lowest BCUT2D eigenvalue weighted by molar-refractivity contribution is -0.136. The number of carbonyl (C=O) groups is 4. The van der Waals surface area contributed by atoms with Gasteiger partial charge in [0.05, 0.1) is 5.02 Å². The fraction of sp³-hybridized carbons (Fsp3) is 0.182. The Bertz CT molecular complexity index is 1280. The molecule has 1 aromatic heterocycles. The van der Waals surface area contributed by atoms with Crippen LogP contribution < -0.4 is 10.6 Å². The van der Waals surface area contributed by atoms with Gasteiger partial charge < -0.3 is 15.2 Å². The smallest absolute Gasteiger partial charge is 0.273 e. The first-order valence-electron chi connectivity index (χ1n) is 9.77. The number of amides is 4. The first kappa shape index (κ1) is 19.3. The van der Waals surface area contributed by atoms with Crippen molar-refractivity contribution in [2.75, 3.05) is 5.32 Å². The third-order valence-electron chi connectivity index (χ3n) is 5.65. The molecule has 156 valence electrons. The lowest BCUT2D eigenvalue weighted by Crippen LogP contribution is -2.52. The summed E-state index contributed by atoms with van der Waals surface area (Å²) in [5.41, 5.74) is 2.71. The first-order chi connectivity index (χ1) is 14.9. The van der Waals surface area contributed by atoms with Gasteiger partial charge in [-0.2, -0.15) is 0 Å². The van der Waals surface area contributed by atoms with Gasteiger partial charge in [-0.15, -0.1) is 0 Å². The maximum atomic E-state index is 12.8. The van der Waals surface area contributed by atoms with Crippen LogP contribution >= 0.6 is 11.6 Å². The van der Waals surface area contributed by atoms with Crippen molar-refractivity contribution in [2.45, 2.75) is 25.4 Å². The van der Waals surface area contributed by atoms with Crippen molar-refractivity contribution in [3.63, 3.8) is 0 Å². The Morgan fingerprint density at radius 1 is 1.13 bits per heavy atom. The van der Waals surface area contributed by atoms with Gasteiger partial charge in [0.2, 0.25) is 11.8 Å². The van der Waals surface area contributed by atoms with Crippen LogP contribution in [0, 0.1) is 0 Å². The lowest BCUT2D eigenvalue weighted by atomic mass is 10.0. The van der Waals surface area contributed by atoms with Gasteiger partial charge in [-0.25, -0.2) is 0 Å². The van der Waals surface area contributed by atoms with Crippen LogP contribution in [0.3, 0.4) is 0 Å². The molecule has 5 rings (SSSR count). The number of hydrogen-bond donors (Lipinski definition) is 3. The highest BCUT2D eigenvalue weighted by molar-refractivity contribution is 6.39. The Labute approximate surface area is 181 Å². The third-order valence-corrected chi connectivity index (χ3v) is 6.04. The SMILES string of the molecule is O=C1CCC(N2Cc3cc(NC(=O)c4[nH]c5ccccc5c4Cl)ccc3C2=O)C(=O)N1. The molecular formula is C22H17ClN4O4. The number of imide groups is 1. The molecule has 3 heterocycles. The molecule has 1 atom stereocenters. The van der Waals surface area contributed by atoms with Crippen molar-refractivity contribution in [1.82, 2.24) is 15.2 Å². The predicted molar refractivity (Wildman–Crippen MR) is 114 cm³/mol. The van der Waals surface area contributed by atoms with Crippen LogP contribution in [0.2, 0.25) is 5.02 Å². The molecule has 8 nitrogen and oxygen atoms in total. The van der Waals surface area contributed by atoms with Crippen molar-refractivity contribution in [2.24, 2.45) is 0 Å². The zero-order chi connectivity index (χ0) is 21.7. The molecule has 2 aliphatic rings. The quantitative estimate of drug-likeness (QED) is 0.548. The van der Waals surface area contributed by atoms with Crippen LogP contribution in [0.25, 0.3) is 10.9 Å². The number of aromatic nitrogens is 1. The number of nitrogens with one attached hydrogen (secondary N) is 3. The summed E-state index contributed by atoms with van der Waals surface area (Å²) in [6, 6.07) is 11.7. The second-order valence-electron chi connectivity index (χ2n) is 7.59. The van der Waals surface area contributed by atoms with Gasteiger partial charge in [0.15, 0.2) is 0 Å². The summed E-state index contributed by atoms with van der Waals surface area (Å²) in [7, 11) is 0. The van der Waals surface area contributed by atoms with E-state index in [-0.39, 0.29) is 30.5 Å². The van der Waals surface area contributed by atoms with Crippen LogP contribution in [0.5, 0.6) is 0 Å². The van der Waals surface area contributed by atoms with Gasteiger partial charge >= 0.3 is 0 Å². The molecular weight excluding hydrogens is 420 g/mol. The molecule has 0 radical (unpaired) electrons. The first-order valence-corrected chi connectivity index (χ1v) is 10.2. The molecule has 2 aliphatic heterocycles. The van der Waals surface area contributed by atoms with E-state index in [0.717, 1.165) is 10.9 Å². The number of benzene rings is 2. The summed E-state index contributed by atoms with van der Waals surface area (Å²) in [5.74, 6) is -1.45. The van der Waals surface area contributed by atoms with Gasteiger partial charge in [-0.1, -0.05) is 29.8 Å². The zero-order valence-corrected chi connectivity index (χ0v) is 17.0. The van der Waals surface area contributed by atoms with Crippen molar-refractivity contribution < 1.29 is 19.2 Å². The van der Waals surface area contributed by atoms with E-state index < -0.39 is 17.9 Å². The molecule has 1 fully saturated rings. The molecule has 9 heteroatoms. The van der Waals surface area contributed by atoms with Gasteiger partial charge in [0, 0.05) is 35.1 Å². The molecule has 0 spiro atoms. The number of halogens is 1. The molecule has 3 N–H and O–H groups in total. The zero-order valence-electron chi connectivity index (χ0n) is 16.2. The van der Waals surface area contributed by atoms with Crippen LogP contribution in [0.15, 0.2) is 42.5 Å². The van der Waals surface area contributed by atoms with E-state index in [2.05, 4.69) is 15.6 Å². The normalized spacial score (nSPS) is 18.3. The minimum Gasteiger partial charge on any atom is -0.349 e. The molecule has 31 heavy (non-hydrogen) atoms. The fourth-order valence-electron chi connectivity index (χ4n) is 4.11. The van der Waals surface area contributed by atoms with E-state index in [1.165, 1.54) is 4.90 Å². The van der Waals surface area contributed by atoms with E-state index in [1.807, 2.05) is 24.3 Å². The Kier molecular flexibility index (Phi) is 4.51. The average molecular weight is 437 g/mol. The standard InChI is InChI=1S/C22H17ClN4O4/c23-18-14-3-1-2-4-15(14)25-19(18)21(30)24-12-5-6-13-11(9-12)10-27(22(13)31)16-7-8-17(28)26-20(16)29/h1-6,9,16,25H,7-8,10H2,(H,24,30)(H,26,28,29). The Balaban J connectivity index is 1.36. The number of H-pyrrole nitrogens is 1. The van der Waals surface area contributed by atoms with Crippen molar-refractivity contribution in [3.05, 3.63) is 64.3 Å². The monoisotopic (exact) mass is 436 g/mol. The number of rotatable bonds is 3. The minimum atomic E-state index is -0.680. The van der Waals surface area contributed by atoms with E-state index in [9.17, 15) is 19.2 Å². The lowest BCUT2D eigenvalue weighted by Gasteiger charge is -2.29. The number of piperidine rings is 1. The van der Waals surface area contributed by atoms with Gasteiger partial charge in [0.25, 0.3) is 11.8 Å². The molecule has 4 amide bonds. The average Bonchev–Trinajstić information content (AvgIpc) is 3.25. The molecule has 0 aliphatic carbocycles. The van der Waals surface area contributed by atoms with Gasteiger partial charge in [-0.3, -0.25) is 24.5 Å². The summed E-state index contributed by atoms with van der Waals surface area (Å²) in [6.07, 6.45) is 0.496. The van der Waals surface area contributed by atoms with Crippen LogP contribution in [-0.2, 0) is 16.1 Å². The number of fused-ring (bicyclic) bond motifs is 2. The molecule has 0 bridgehead atoms. The highest BCUT2D eigenvalue weighted by Gasteiger charge is 2.39. The number of aromatic amines is 1. The second-order valence-corrected chi connectivity index (χ2v) is 7.96. The summed E-state index contributed by atoms with van der Waals surface area (Å²) in [6.45, 7) is 0.233. The summed E-state index contributed by atoms with van der Waals surface area (Å²) in [5, 5.41) is 6.19. The number of anilines is 1. The molecule has 1 unspecified atom stereocenters. The van der Waals surface area contributed by atoms with Crippen LogP contribution in [0.1, 0.15) is 39.3 Å². The fourth-order valence-corrected chi connectivity index (χ4v) is 4.41. The number of para-hydroxylation sites is 1. The highest BCUT2D eigenvalue weighted by Crippen LogP contribution is 2.31. The third kappa shape index (κ3) is 3.25. The van der Waals surface area contributed by atoms with Crippen molar-refractivity contribution >= 4 is 51.8 Å². The predicted octanol–water partition coefficient (Wildman–Crippen LogP) is 2.83. The number of hydrogen-bond acceptors (Lipinski definition) is 4. The Morgan fingerprint density at radius 3 is 2.71 bits per heavy atom. The topological polar surface area (TPSA) is 111 Å². The largest absolute Gasteiger partial charge is 0.349 e. The maximum Gasteiger partial charge on any atom is 0.273 e. The molecule has 1 saturated heterocycles. The van der Waals surface area contributed by atoms with Crippen LogP contribution in [-0.4, -0.2) is 39.6 Å². The van der Waals surface area contributed by atoms with Crippen molar-refractivity contribution in [1.29, 1.82) is 0 Å². The minimum absolute atomic E-state index is 0.198. The molecule has 2 aromatic carbocycles. The van der Waals surface area contributed by atoms with Gasteiger partial charge in [-0.05, 0) is 36.2 Å². The number of nitrogens with zero attached hydrogens (tertiary/aromatic N) is 1. The second kappa shape index (κ2) is 7.24. The summed E-state index contributed by atoms with van der Waals surface area (Å²) >= 11 is 6.35. The molecule has 3 aromatic rings. The van der Waals surface area contributed by atoms with Gasteiger partial charge in [0.1, 0.15) is 11.7 Å². The Morgan fingerprint density at radius 2 is 1.94 bits per heavy atom. The molecule has 0 saturated carbocycles. The van der Waals surface area contributed by atoms with E-state index in [0.29, 0.717) is 28.3 Å². The van der Waals surface area contributed by atoms with Crippen molar-refractivity contribution in [3.8, 4) is 0 Å². The maximum absolute atomic E-state index is 12.8. The summed E-state index contributed by atoms with van der Waals surface area (Å²) in [4.78, 5) is 53.6. The summed E-state index contributed by atoms with van der Waals surface area (Å²) < 4.78 is 0. The Hall–Kier alpha value is -3.65. The highest BCUT2D eigenvalue weighted by atomic mass is 35.5. The van der Waals surface area contributed by atoms with E-state index >= 15 is 0 Å².